The van der Waals surface area contributed by atoms with Crippen molar-refractivity contribution in [2.45, 2.75) is 6.04 Å². The van der Waals surface area contributed by atoms with Crippen molar-refractivity contribution in [3.8, 4) is 0 Å². The molecule has 1 unspecified atom stereocenters. The molecule has 6 nitrogen and oxygen atoms in total. The van der Waals surface area contributed by atoms with Crippen molar-refractivity contribution in [2.24, 2.45) is 0 Å². The standard InChI is InChI=1S/C11H14BrN3O3/c12-8-1-2-11(15(16)17)10(5-8)14-6-9-7-18-4-3-13-9/h1-2,5,9,13-14H,3-4,6-7H2. The van der Waals surface area contributed by atoms with Gasteiger partial charge >= 0.3 is 0 Å². The maximum atomic E-state index is 10.9. The Labute approximate surface area is 113 Å². The zero-order chi connectivity index (χ0) is 13.0. The minimum Gasteiger partial charge on any atom is -0.378 e. The van der Waals surface area contributed by atoms with Gasteiger partial charge in [-0.25, -0.2) is 0 Å². The molecule has 2 rings (SSSR count). The van der Waals surface area contributed by atoms with Crippen LogP contribution in [0.3, 0.4) is 0 Å². The second kappa shape index (κ2) is 6.12. The first kappa shape index (κ1) is 13.3. The molecule has 0 bridgehead atoms. The molecular formula is C11H14BrN3O3. The number of ether oxygens (including phenoxy) is 1. The average Bonchev–Trinajstić information content (AvgIpc) is 2.37. The van der Waals surface area contributed by atoms with Crippen molar-refractivity contribution in [3.05, 3.63) is 32.8 Å². The van der Waals surface area contributed by atoms with Gasteiger partial charge in [-0.1, -0.05) is 15.9 Å². The van der Waals surface area contributed by atoms with Gasteiger partial charge in [0.25, 0.3) is 5.69 Å². The van der Waals surface area contributed by atoms with Crippen LogP contribution in [0.4, 0.5) is 11.4 Å². The number of benzene rings is 1. The monoisotopic (exact) mass is 315 g/mol. The maximum Gasteiger partial charge on any atom is 0.292 e. The Kier molecular flexibility index (Phi) is 4.51. The summed E-state index contributed by atoms with van der Waals surface area (Å²) in [5, 5.41) is 17.3. The second-order valence-corrected chi connectivity index (χ2v) is 4.94. The highest BCUT2D eigenvalue weighted by Gasteiger charge is 2.17. The lowest BCUT2D eigenvalue weighted by atomic mass is 10.2. The molecule has 1 aromatic rings. The van der Waals surface area contributed by atoms with Crippen molar-refractivity contribution < 1.29 is 9.66 Å². The normalized spacial score (nSPS) is 19.5. The largest absolute Gasteiger partial charge is 0.378 e. The van der Waals surface area contributed by atoms with E-state index in [1.165, 1.54) is 6.07 Å². The highest BCUT2D eigenvalue weighted by molar-refractivity contribution is 9.10. The number of nitro benzene ring substituents is 1. The van der Waals surface area contributed by atoms with Crippen molar-refractivity contribution in [1.82, 2.24) is 5.32 Å². The number of hydrogen-bond acceptors (Lipinski definition) is 5. The van der Waals surface area contributed by atoms with E-state index in [1.54, 1.807) is 12.1 Å². The number of rotatable bonds is 4. The third kappa shape index (κ3) is 3.41. The predicted octanol–water partition coefficient (Wildman–Crippen LogP) is 1.76. The zero-order valence-corrected chi connectivity index (χ0v) is 11.3. The van der Waals surface area contributed by atoms with Gasteiger partial charge in [-0.05, 0) is 12.1 Å². The Balaban J connectivity index is 2.03. The molecule has 1 saturated heterocycles. The number of nitrogens with zero attached hydrogens (tertiary/aromatic N) is 1. The van der Waals surface area contributed by atoms with E-state index in [0.717, 1.165) is 11.0 Å². The summed E-state index contributed by atoms with van der Waals surface area (Å²) in [6.07, 6.45) is 0. The van der Waals surface area contributed by atoms with Crippen LogP contribution in [0.2, 0.25) is 0 Å². The van der Waals surface area contributed by atoms with E-state index >= 15 is 0 Å². The van der Waals surface area contributed by atoms with Gasteiger partial charge in [0, 0.05) is 29.7 Å². The fourth-order valence-corrected chi connectivity index (χ4v) is 2.15. The van der Waals surface area contributed by atoms with Crippen LogP contribution >= 0.6 is 15.9 Å². The second-order valence-electron chi connectivity index (χ2n) is 4.03. The van der Waals surface area contributed by atoms with Crippen molar-refractivity contribution in [2.75, 3.05) is 31.6 Å². The summed E-state index contributed by atoms with van der Waals surface area (Å²) in [5.74, 6) is 0. The van der Waals surface area contributed by atoms with Gasteiger partial charge in [0.05, 0.1) is 18.1 Å². The maximum absolute atomic E-state index is 10.9. The summed E-state index contributed by atoms with van der Waals surface area (Å²) in [6, 6.07) is 5.03. The molecule has 1 aliphatic heterocycles. The first-order valence-corrected chi connectivity index (χ1v) is 6.45. The molecule has 1 heterocycles. The minimum atomic E-state index is -0.389. The average molecular weight is 316 g/mol. The number of halogens is 1. The van der Waals surface area contributed by atoms with Gasteiger partial charge in [0.2, 0.25) is 0 Å². The lowest BCUT2D eigenvalue weighted by molar-refractivity contribution is -0.384. The first-order chi connectivity index (χ1) is 8.66. The lowest BCUT2D eigenvalue weighted by Crippen LogP contribution is -2.45. The predicted molar refractivity (Wildman–Crippen MR) is 71.9 cm³/mol. The number of hydrogen-bond donors (Lipinski definition) is 2. The first-order valence-electron chi connectivity index (χ1n) is 5.66. The van der Waals surface area contributed by atoms with Crippen LogP contribution in [0.25, 0.3) is 0 Å². The van der Waals surface area contributed by atoms with E-state index in [4.69, 9.17) is 4.74 Å². The zero-order valence-electron chi connectivity index (χ0n) is 9.69. The van der Waals surface area contributed by atoms with Crippen LogP contribution in [-0.4, -0.2) is 37.3 Å². The highest BCUT2D eigenvalue weighted by Crippen LogP contribution is 2.27. The van der Waals surface area contributed by atoms with Crippen molar-refractivity contribution in [3.63, 3.8) is 0 Å². The molecule has 0 aromatic heterocycles. The van der Waals surface area contributed by atoms with E-state index in [9.17, 15) is 10.1 Å². The minimum absolute atomic E-state index is 0.0786. The van der Waals surface area contributed by atoms with Crippen LogP contribution in [0.15, 0.2) is 22.7 Å². The summed E-state index contributed by atoms with van der Waals surface area (Å²) in [7, 11) is 0. The molecule has 0 aliphatic carbocycles. The SMILES string of the molecule is O=[N+]([O-])c1ccc(Br)cc1NCC1COCCN1. The molecule has 1 aliphatic rings. The summed E-state index contributed by atoms with van der Waals surface area (Å²) in [5.41, 5.74) is 0.594. The molecule has 18 heavy (non-hydrogen) atoms. The summed E-state index contributed by atoms with van der Waals surface area (Å²) < 4.78 is 6.14. The molecular weight excluding hydrogens is 302 g/mol. The van der Waals surface area contributed by atoms with E-state index in [-0.39, 0.29) is 16.7 Å². The molecule has 2 N–H and O–H groups in total. The molecule has 1 atom stereocenters. The van der Waals surface area contributed by atoms with Gasteiger partial charge in [0.1, 0.15) is 5.69 Å². The lowest BCUT2D eigenvalue weighted by Gasteiger charge is -2.24. The van der Waals surface area contributed by atoms with E-state index in [0.29, 0.717) is 25.4 Å². The molecule has 0 saturated carbocycles. The third-order valence-electron chi connectivity index (χ3n) is 2.69. The van der Waals surface area contributed by atoms with E-state index in [2.05, 4.69) is 26.6 Å². The van der Waals surface area contributed by atoms with Gasteiger partial charge in [0.15, 0.2) is 0 Å². The molecule has 1 fully saturated rings. The molecule has 0 amide bonds. The number of nitrogens with one attached hydrogen (secondary N) is 2. The molecule has 98 valence electrons. The Morgan fingerprint density at radius 1 is 1.61 bits per heavy atom. The number of morpholine rings is 1. The van der Waals surface area contributed by atoms with E-state index < -0.39 is 0 Å². The fraction of sp³-hybridized carbons (Fsp3) is 0.455. The summed E-state index contributed by atoms with van der Waals surface area (Å²) in [6.45, 7) is 2.74. The molecule has 7 heteroatoms. The Morgan fingerprint density at radius 3 is 3.11 bits per heavy atom. The van der Waals surface area contributed by atoms with Gasteiger partial charge in [-0.2, -0.15) is 0 Å². The quantitative estimate of drug-likeness (QED) is 0.654. The molecule has 1 aromatic carbocycles. The smallest absolute Gasteiger partial charge is 0.292 e. The Hall–Kier alpha value is -1.18. The third-order valence-corrected chi connectivity index (χ3v) is 3.19. The van der Waals surface area contributed by atoms with Crippen LogP contribution in [-0.2, 0) is 4.74 Å². The van der Waals surface area contributed by atoms with Crippen molar-refractivity contribution in [1.29, 1.82) is 0 Å². The van der Waals surface area contributed by atoms with Crippen molar-refractivity contribution >= 4 is 27.3 Å². The van der Waals surface area contributed by atoms with Crippen LogP contribution in [0.5, 0.6) is 0 Å². The summed E-state index contributed by atoms with van der Waals surface area (Å²) in [4.78, 5) is 10.5. The Bertz CT molecular complexity index is 436. The topological polar surface area (TPSA) is 76.4 Å². The number of nitro groups is 1. The van der Waals surface area contributed by atoms with Crippen LogP contribution in [0.1, 0.15) is 0 Å². The van der Waals surface area contributed by atoms with Gasteiger partial charge in [-0.3, -0.25) is 10.1 Å². The summed E-state index contributed by atoms with van der Waals surface area (Å²) >= 11 is 3.31. The van der Waals surface area contributed by atoms with Crippen LogP contribution < -0.4 is 10.6 Å². The highest BCUT2D eigenvalue weighted by atomic mass is 79.9. The Morgan fingerprint density at radius 2 is 2.44 bits per heavy atom. The van der Waals surface area contributed by atoms with Gasteiger partial charge in [-0.15, -0.1) is 0 Å². The molecule has 0 spiro atoms. The van der Waals surface area contributed by atoms with E-state index in [1.807, 2.05) is 0 Å². The fourth-order valence-electron chi connectivity index (χ4n) is 1.79. The number of anilines is 1. The van der Waals surface area contributed by atoms with Crippen LogP contribution in [0, 0.1) is 10.1 Å². The van der Waals surface area contributed by atoms with Gasteiger partial charge < -0.3 is 15.4 Å². The molecule has 0 radical (unpaired) electrons.